The molecule has 0 fully saturated rings. The van der Waals surface area contributed by atoms with Crippen molar-refractivity contribution in [2.24, 2.45) is 0 Å². The van der Waals surface area contributed by atoms with Crippen LogP contribution in [0.5, 0.6) is 11.5 Å². The molecule has 27 heavy (non-hydrogen) atoms. The molecule has 142 valence electrons. The molecular weight excluding hydrogens is 346 g/mol. The number of hydrogen-bond acceptors (Lipinski definition) is 5. The topological polar surface area (TPSA) is 73.9 Å². The molecule has 0 bridgehead atoms. The summed E-state index contributed by atoms with van der Waals surface area (Å²) in [6, 6.07) is 12.6. The predicted molar refractivity (Wildman–Crippen MR) is 104 cm³/mol. The lowest BCUT2D eigenvalue weighted by atomic mass is 10.2. The van der Waals surface area contributed by atoms with E-state index in [9.17, 15) is 9.59 Å². The van der Waals surface area contributed by atoms with Gasteiger partial charge in [-0.15, -0.1) is 0 Å². The van der Waals surface area contributed by atoms with E-state index in [0.717, 1.165) is 11.1 Å². The van der Waals surface area contributed by atoms with Gasteiger partial charge in [-0.05, 0) is 49.8 Å². The lowest BCUT2D eigenvalue weighted by Crippen LogP contribution is -2.20. The summed E-state index contributed by atoms with van der Waals surface area (Å²) >= 11 is 0. The normalized spacial score (nSPS) is 10.5. The number of amides is 1. The summed E-state index contributed by atoms with van der Waals surface area (Å²) in [7, 11) is 1.56. The van der Waals surface area contributed by atoms with Gasteiger partial charge in [-0.25, -0.2) is 4.79 Å². The SMILES string of the molecule is CCOc1cc(/C=C/C(=O)OCC(=O)Nc2ccc(C)cc2)ccc1OC. The van der Waals surface area contributed by atoms with Gasteiger partial charge >= 0.3 is 5.97 Å². The number of hydrogen-bond donors (Lipinski definition) is 1. The van der Waals surface area contributed by atoms with Gasteiger partial charge in [0, 0.05) is 11.8 Å². The second-order valence-electron chi connectivity index (χ2n) is 5.70. The number of aryl methyl sites for hydroxylation is 1. The van der Waals surface area contributed by atoms with E-state index in [1.165, 1.54) is 6.08 Å². The number of methoxy groups -OCH3 is 1. The summed E-state index contributed by atoms with van der Waals surface area (Å²) in [5.41, 5.74) is 2.50. The first kappa shape index (κ1) is 20.0. The minimum Gasteiger partial charge on any atom is -0.493 e. The van der Waals surface area contributed by atoms with Crippen molar-refractivity contribution >= 4 is 23.6 Å². The first-order valence-electron chi connectivity index (χ1n) is 8.54. The molecule has 0 aliphatic rings. The first-order valence-corrected chi connectivity index (χ1v) is 8.54. The number of benzene rings is 2. The molecule has 0 heterocycles. The molecule has 0 aliphatic carbocycles. The molecule has 0 saturated heterocycles. The highest BCUT2D eigenvalue weighted by molar-refractivity contribution is 5.94. The van der Waals surface area contributed by atoms with Crippen LogP contribution in [-0.4, -0.2) is 32.2 Å². The van der Waals surface area contributed by atoms with E-state index in [0.29, 0.717) is 23.8 Å². The minimum absolute atomic E-state index is 0.357. The van der Waals surface area contributed by atoms with Crippen molar-refractivity contribution in [3.05, 3.63) is 59.7 Å². The van der Waals surface area contributed by atoms with Crippen molar-refractivity contribution in [3.63, 3.8) is 0 Å². The van der Waals surface area contributed by atoms with Gasteiger partial charge in [0.1, 0.15) is 0 Å². The van der Waals surface area contributed by atoms with Gasteiger partial charge in [0.05, 0.1) is 13.7 Å². The van der Waals surface area contributed by atoms with Crippen molar-refractivity contribution in [1.82, 2.24) is 0 Å². The van der Waals surface area contributed by atoms with E-state index in [-0.39, 0.29) is 6.61 Å². The molecule has 2 aromatic rings. The van der Waals surface area contributed by atoms with Gasteiger partial charge < -0.3 is 19.5 Å². The minimum atomic E-state index is -0.608. The summed E-state index contributed by atoms with van der Waals surface area (Å²) in [4.78, 5) is 23.6. The fourth-order valence-corrected chi connectivity index (χ4v) is 2.25. The molecule has 2 rings (SSSR count). The van der Waals surface area contributed by atoms with Crippen molar-refractivity contribution in [1.29, 1.82) is 0 Å². The number of carbonyl (C=O) groups is 2. The third-order valence-corrected chi connectivity index (χ3v) is 3.58. The van der Waals surface area contributed by atoms with Gasteiger partial charge in [-0.2, -0.15) is 0 Å². The smallest absolute Gasteiger partial charge is 0.331 e. The van der Waals surface area contributed by atoms with Gasteiger partial charge in [-0.1, -0.05) is 23.8 Å². The maximum atomic E-state index is 11.8. The molecule has 0 atom stereocenters. The molecule has 0 aromatic heterocycles. The van der Waals surface area contributed by atoms with E-state index < -0.39 is 11.9 Å². The molecule has 0 saturated carbocycles. The molecule has 1 N–H and O–H groups in total. The van der Waals surface area contributed by atoms with E-state index in [1.807, 2.05) is 26.0 Å². The van der Waals surface area contributed by atoms with Crippen molar-refractivity contribution in [3.8, 4) is 11.5 Å². The Kier molecular flexibility index (Phi) is 7.43. The van der Waals surface area contributed by atoms with Crippen LogP contribution in [0.3, 0.4) is 0 Å². The van der Waals surface area contributed by atoms with Crippen molar-refractivity contribution < 1.29 is 23.8 Å². The Morgan fingerprint density at radius 3 is 2.48 bits per heavy atom. The summed E-state index contributed by atoms with van der Waals surface area (Å²) < 4.78 is 15.7. The molecule has 0 radical (unpaired) electrons. The number of esters is 1. The Morgan fingerprint density at radius 2 is 1.81 bits per heavy atom. The lowest BCUT2D eigenvalue weighted by Gasteiger charge is -2.09. The maximum absolute atomic E-state index is 11.8. The lowest BCUT2D eigenvalue weighted by molar-refractivity contribution is -0.142. The molecule has 6 nitrogen and oxygen atoms in total. The van der Waals surface area contributed by atoms with Crippen LogP contribution in [0.4, 0.5) is 5.69 Å². The third kappa shape index (κ3) is 6.51. The number of carbonyl (C=O) groups excluding carboxylic acids is 2. The van der Waals surface area contributed by atoms with Crippen molar-refractivity contribution in [2.45, 2.75) is 13.8 Å². The number of ether oxygens (including phenoxy) is 3. The Hall–Kier alpha value is -3.28. The molecule has 2 aromatic carbocycles. The standard InChI is InChI=1S/C21H23NO5/c1-4-26-19-13-16(7-11-18(19)25-3)8-12-21(24)27-14-20(23)22-17-9-5-15(2)6-10-17/h5-13H,4,14H2,1-3H3,(H,22,23)/b12-8+. The van der Waals surface area contributed by atoms with Crippen molar-refractivity contribution in [2.75, 3.05) is 25.6 Å². The van der Waals surface area contributed by atoms with Crippen LogP contribution in [0.1, 0.15) is 18.1 Å². The zero-order valence-electron chi connectivity index (χ0n) is 15.7. The summed E-state index contributed by atoms with van der Waals surface area (Å²) in [6.07, 6.45) is 2.85. The maximum Gasteiger partial charge on any atom is 0.331 e. The van der Waals surface area contributed by atoms with E-state index in [4.69, 9.17) is 14.2 Å². The highest BCUT2D eigenvalue weighted by atomic mass is 16.5. The van der Waals surface area contributed by atoms with Crippen LogP contribution in [-0.2, 0) is 14.3 Å². The number of nitrogens with one attached hydrogen (secondary N) is 1. The van der Waals surface area contributed by atoms with Crippen LogP contribution >= 0.6 is 0 Å². The van der Waals surface area contributed by atoms with Crippen LogP contribution in [0.25, 0.3) is 6.08 Å². The molecule has 0 aliphatic heterocycles. The van der Waals surface area contributed by atoms with Crippen LogP contribution in [0.15, 0.2) is 48.5 Å². The van der Waals surface area contributed by atoms with Gasteiger partial charge in [0.15, 0.2) is 18.1 Å². The highest BCUT2D eigenvalue weighted by Crippen LogP contribution is 2.28. The quantitative estimate of drug-likeness (QED) is 0.568. The average Bonchev–Trinajstić information content (AvgIpc) is 2.67. The number of anilines is 1. The zero-order chi connectivity index (χ0) is 19.6. The van der Waals surface area contributed by atoms with Crippen LogP contribution in [0, 0.1) is 6.92 Å². The van der Waals surface area contributed by atoms with Crippen LogP contribution in [0.2, 0.25) is 0 Å². The summed E-state index contributed by atoms with van der Waals surface area (Å²) in [6.45, 7) is 3.98. The molecule has 1 amide bonds. The van der Waals surface area contributed by atoms with Crippen LogP contribution < -0.4 is 14.8 Å². The Morgan fingerprint density at radius 1 is 1.07 bits per heavy atom. The second kappa shape index (κ2) is 10.0. The van der Waals surface area contributed by atoms with Gasteiger partial charge in [-0.3, -0.25) is 4.79 Å². The first-order chi connectivity index (χ1) is 13.0. The Labute approximate surface area is 158 Å². The molecule has 0 spiro atoms. The fraction of sp³-hybridized carbons (Fsp3) is 0.238. The fourth-order valence-electron chi connectivity index (χ4n) is 2.25. The third-order valence-electron chi connectivity index (χ3n) is 3.58. The van der Waals surface area contributed by atoms with E-state index in [1.54, 1.807) is 43.5 Å². The van der Waals surface area contributed by atoms with E-state index in [2.05, 4.69) is 5.32 Å². The predicted octanol–water partition coefficient (Wildman–Crippen LogP) is 3.60. The second-order valence-corrected chi connectivity index (χ2v) is 5.70. The summed E-state index contributed by atoms with van der Waals surface area (Å²) in [5.74, 6) is 0.198. The highest BCUT2D eigenvalue weighted by Gasteiger charge is 2.07. The monoisotopic (exact) mass is 369 g/mol. The molecule has 6 heteroatoms. The van der Waals surface area contributed by atoms with Gasteiger partial charge in [0.2, 0.25) is 0 Å². The van der Waals surface area contributed by atoms with Gasteiger partial charge in [0.25, 0.3) is 5.91 Å². The van der Waals surface area contributed by atoms with E-state index >= 15 is 0 Å². The average molecular weight is 369 g/mol. The Bertz CT molecular complexity index is 812. The largest absolute Gasteiger partial charge is 0.493 e. The molecular formula is C21H23NO5. The Balaban J connectivity index is 1.86. The summed E-state index contributed by atoms with van der Waals surface area (Å²) in [5, 5.41) is 2.66. The number of rotatable bonds is 8. The zero-order valence-corrected chi connectivity index (χ0v) is 15.7. The molecule has 0 unspecified atom stereocenters.